The van der Waals surface area contributed by atoms with E-state index >= 15 is 0 Å². The lowest BCUT2D eigenvalue weighted by Gasteiger charge is -2.11. The van der Waals surface area contributed by atoms with Crippen molar-refractivity contribution >= 4 is 17.8 Å². The Morgan fingerprint density at radius 2 is 2.25 bits per heavy atom. The largest absolute Gasteiger partial charge is 0.281 e. The van der Waals surface area contributed by atoms with Gasteiger partial charge in [0.1, 0.15) is 11.9 Å². The van der Waals surface area contributed by atoms with Crippen LogP contribution in [0.3, 0.4) is 0 Å². The van der Waals surface area contributed by atoms with Crippen LogP contribution in [-0.2, 0) is 19.2 Å². The summed E-state index contributed by atoms with van der Waals surface area (Å²) >= 11 is 0. The molecule has 1 fully saturated rings. The number of carbonyl (C=O) groups excluding carboxylic acids is 3. The van der Waals surface area contributed by atoms with Gasteiger partial charge in [-0.2, -0.15) is 0 Å². The first-order valence-electron chi connectivity index (χ1n) is 4.85. The third-order valence-corrected chi connectivity index (χ3v) is 2.43. The number of carbonyl (C=O) groups is 2. The van der Waals surface area contributed by atoms with Gasteiger partial charge in [0, 0.05) is 5.57 Å². The lowest BCUT2D eigenvalue weighted by molar-refractivity contribution is -0.186. The van der Waals surface area contributed by atoms with E-state index < -0.39 is 17.7 Å². The summed E-state index contributed by atoms with van der Waals surface area (Å²) in [5, 5.41) is 0.709. The van der Waals surface area contributed by atoms with Crippen molar-refractivity contribution in [2.45, 2.75) is 6.92 Å². The van der Waals surface area contributed by atoms with E-state index in [9.17, 15) is 14.4 Å². The smallest absolute Gasteiger partial charge is 0.271 e. The molecule has 2 amide bonds. The molecule has 0 aromatic heterocycles. The van der Waals surface area contributed by atoms with E-state index in [4.69, 9.17) is 4.84 Å². The van der Waals surface area contributed by atoms with Gasteiger partial charge in [-0.05, 0) is 13.0 Å². The van der Waals surface area contributed by atoms with Crippen LogP contribution >= 0.6 is 0 Å². The first-order chi connectivity index (χ1) is 7.70. The van der Waals surface area contributed by atoms with Gasteiger partial charge in [0.25, 0.3) is 11.8 Å². The summed E-state index contributed by atoms with van der Waals surface area (Å²) in [5.41, 5.74) is 0.428. The Balaban J connectivity index is 2.43. The van der Waals surface area contributed by atoms with E-state index in [-0.39, 0.29) is 17.8 Å². The zero-order valence-electron chi connectivity index (χ0n) is 8.60. The summed E-state index contributed by atoms with van der Waals surface area (Å²) in [6.07, 6.45) is 4.54. The van der Waals surface area contributed by atoms with Gasteiger partial charge in [0.05, 0.1) is 12.2 Å². The first kappa shape index (κ1) is 10.5. The highest BCUT2D eigenvalue weighted by atomic mass is 16.7. The van der Waals surface area contributed by atoms with Crippen LogP contribution in [0, 0.1) is 5.92 Å². The molecule has 0 bridgehead atoms. The molecule has 1 saturated heterocycles. The van der Waals surface area contributed by atoms with Crippen LogP contribution in [0.25, 0.3) is 0 Å². The number of amides is 2. The fourth-order valence-electron chi connectivity index (χ4n) is 1.76. The molecule has 0 radical (unpaired) electrons. The molecule has 1 heterocycles. The molecule has 0 aromatic carbocycles. The van der Waals surface area contributed by atoms with Crippen molar-refractivity contribution in [3.63, 3.8) is 0 Å². The second kappa shape index (κ2) is 3.89. The lowest BCUT2D eigenvalue weighted by Crippen LogP contribution is -2.31. The highest BCUT2D eigenvalue weighted by Crippen LogP contribution is 2.33. The minimum Gasteiger partial charge on any atom is -0.271 e. The number of hydrogen-bond donors (Lipinski definition) is 0. The minimum atomic E-state index is -0.846. The third-order valence-electron chi connectivity index (χ3n) is 2.43. The van der Waals surface area contributed by atoms with E-state index in [1.807, 2.05) is 0 Å². The number of nitrogens with zero attached hydrogens (tertiary/aromatic N) is 1. The van der Waals surface area contributed by atoms with Gasteiger partial charge in [-0.3, -0.25) is 14.4 Å². The van der Waals surface area contributed by atoms with E-state index in [0.717, 1.165) is 0 Å². The maximum Gasteiger partial charge on any atom is 0.281 e. The standard InChI is InChI=1S/C11H9NO4/c1-2-16-12-10(14)8-5-3-4-7(6-13)9(8)11(12)15/h3-5,9H,2H2,1H3. The summed E-state index contributed by atoms with van der Waals surface area (Å²) in [7, 11) is 0. The number of fused-ring (bicyclic) bond motifs is 1. The lowest BCUT2D eigenvalue weighted by atomic mass is 9.90. The summed E-state index contributed by atoms with van der Waals surface area (Å²) < 4.78 is 0. The zero-order valence-corrected chi connectivity index (χ0v) is 8.60. The molecule has 2 aliphatic rings. The molecule has 0 N–H and O–H groups in total. The minimum absolute atomic E-state index is 0.165. The summed E-state index contributed by atoms with van der Waals surface area (Å²) in [5.74, 6) is -0.206. The number of hydrogen-bond acceptors (Lipinski definition) is 4. The molecule has 5 heteroatoms. The average Bonchev–Trinajstić information content (AvgIpc) is 2.55. The molecule has 2 rings (SSSR count). The van der Waals surface area contributed by atoms with Crippen molar-refractivity contribution in [3.8, 4) is 0 Å². The van der Waals surface area contributed by atoms with Crippen LogP contribution in [0.1, 0.15) is 6.92 Å². The molecule has 1 aliphatic carbocycles. The number of imide groups is 1. The Hall–Kier alpha value is -1.97. The monoisotopic (exact) mass is 219 g/mol. The maximum absolute atomic E-state index is 11.8. The molecule has 5 nitrogen and oxygen atoms in total. The summed E-state index contributed by atoms with van der Waals surface area (Å²) in [4.78, 5) is 39.1. The van der Waals surface area contributed by atoms with Crippen molar-refractivity contribution in [3.05, 3.63) is 29.4 Å². The maximum atomic E-state index is 11.8. The number of rotatable bonds is 2. The van der Waals surface area contributed by atoms with Gasteiger partial charge in [-0.15, -0.1) is 5.06 Å². The quantitative estimate of drug-likeness (QED) is 0.491. The zero-order chi connectivity index (χ0) is 11.7. The Morgan fingerprint density at radius 3 is 2.88 bits per heavy atom. The van der Waals surface area contributed by atoms with E-state index in [0.29, 0.717) is 5.06 Å². The van der Waals surface area contributed by atoms with Crippen LogP contribution in [-0.4, -0.2) is 29.4 Å². The fourth-order valence-corrected chi connectivity index (χ4v) is 1.76. The predicted octanol–water partition coefficient (Wildman–Crippen LogP) is 0.177. The highest BCUT2D eigenvalue weighted by Gasteiger charge is 2.46. The Bertz CT molecular complexity index is 468. The summed E-state index contributed by atoms with van der Waals surface area (Å²) in [6.45, 7) is 1.89. The Morgan fingerprint density at radius 1 is 1.50 bits per heavy atom. The SMILES string of the molecule is CCON1C(=O)C2=CC=CC(=C=O)C2C1=O. The van der Waals surface area contributed by atoms with Crippen molar-refractivity contribution in [2.75, 3.05) is 6.61 Å². The molecule has 0 spiro atoms. The first-order valence-corrected chi connectivity index (χ1v) is 4.85. The molecular weight excluding hydrogens is 210 g/mol. The second-order valence-corrected chi connectivity index (χ2v) is 3.33. The van der Waals surface area contributed by atoms with E-state index in [1.54, 1.807) is 18.9 Å². The van der Waals surface area contributed by atoms with Crippen LogP contribution in [0.5, 0.6) is 0 Å². The molecular formula is C11H9NO4. The van der Waals surface area contributed by atoms with Gasteiger partial charge in [-0.1, -0.05) is 12.2 Å². The van der Waals surface area contributed by atoms with Crippen molar-refractivity contribution in [1.82, 2.24) is 5.06 Å². The van der Waals surface area contributed by atoms with Gasteiger partial charge in [0.2, 0.25) is 0 Å². The van der Waals surface area contributed by atoms with Crippen molar-refractivity contribution in [1.29, 1.82) is 0 Å². The van der Waals surface area contributed by atoms with Crippen molar-refractivity contribution in [2.24, 2.45) is 5.92 Å². The summed E-state index contributed by atoms with van der Waals surface area (Å²) in [6, 6.07) is 0. The fraction of sp³-hybridized carbons (Fsp3) is 0.273. The molecule has 16 heavy (non-hydrogen) atoms. The van der Waals surface area contributed by atoms with Crippen LogP contribution in [0.2, 0.25) is 0 Å². The van der Waals surface area contributed by atoms with Gasteiger partial charge in [0.15, 0.2) is 0 Å². The molecule has 1 atom stereocenters. The highest BCUT2D eigenvalue weighted by molar-refractivity contribution is 6.16. The Kier molecular flexibility index (Phi) is 2.56. The molecule has 0 aromatic rings. The number of hydroxylamine groups is 2. The molecule has 82 valence electrons. The predicted molar refractivity (Wildman–Crippen MR) is 53.4 cm³/mol. The average molecular weight is 219 g/mol. The van der Waals surface area contributed by atoms with Gasteiger partial charge < -0.3 is 0 Å². The van der Waals surface area contributed by atoms with E-state index in [1.165, 1.54) is 12.2 Å². The van der Waals surface area contributed by atoms with Crippen LogP contribution < -0.4 is 0 Å². The van der Waals surface area contributed by atoms with E-state index in [2.05, 4.69) is 0 Å². The van der Waals surface area contributed by atoms with Crippen molar-refractivity contribution < 1.29 is 19.2 Å². The topological polar surface area (TPSA) is 63.7 Å². The molecule has 1 unspecified atom stereocenters. The van der Waals surface area contributed by atoms with Crippen LogP contribution in [0.4, 0.5) is 0 Å². The molecule has 1 aliphatic heterocycles. The van der Waals surface area contributed by atoms with Gasteiger partial charge >= 0.3 is 0 Å². The molecule has 0 saturated carbocycles. The number of allylic oxidation sites excluding steroid dienone is 3. The Labute approximate surface area is 91.6 Å². The van der Waals surface area contributed by atoms with Crippen LogP contribution in [0.15, 0.2) is 29.4 Å². The normalized spacial score (nSPS) is 23.3. The van der Waals surface area contributed by atoms with Gasteiger partial charge in [-0.25, -0.2) is 4.79 Å². The second-order valence-electron chi connectivity index (χ2n) is 3.33. The third kappa shape index (κ3) is 1.34.